The first kappa shape index (κ1) is 11.1. The molecule has 86 valence electrons. The van der Waals surface area contributed by atoms with Crippen molar-refractivity contribution in [3.63, 3.8) is 0 Å². The minimum Gasteiger partial charge on any atom is -0.274 e. The van der Waals surface area contributed by atoms with Crippen molar-refractivity contribution in [1.29, 1.82) is 0 Å². The van der Waals surface area contributed by atoms with E-state index in [0.717, 1.165) is 4.90 Å². The maximum atomic E-state index is 11.3. The predicted molar refractivity (Wildman–Crippen MR) is 58.0 cm³/mol. The standard InChI is InChI=1S/C11H9N3O3/c1-6(15)14(7(2)16)8-3-4-9-10(5-8)13-11(17)12-9/h3-5H,1-2H3. The van der Waals surface area contributed by atoms with Gasteiger partial charge in [0.25, 0.3) is 0 Å². The summed E-state index contributed by atoms with van der Waals surface area (Å²) in [7, 11) is 0. The van der Waals surface area contributed by atoms with Gasteiger partial charge in [-0.2, -0.15) is 9.98 Å². The molecule has 6 heteroatoms. The molecule has 2 rings (SSSR count). The van der Waals surface area contributed by atoms with Gasteiger partial charge in [0.05, 0.1) is 16.4 Å². The highest BCUT2D eigenvalue weighted by molar-refractivity contribution is 6.13. The second-order valence-electron chi connectivity index (χ2n) is 3.55. The van der Waals surface area contributed by atoms with Gasteiger partial charge in [-0.3, -0.25) is 14.5 Å². The highest BCUT2D eigenvalue weighted by Crippen LogP contribution is 2.10. The molecule has 1 aliphatic rings. The van der Waals surface area contributed by atoms with Gasteiger partial charge < -0.3 is 0 Å². The molecule has 0 atom stereocenters. The van der Waals surface area contributed by atoms with E-state index in [4.69, 9.17) is 0 Å². The topological polar surface area (TPSA) is 79.2 Å². The van der Waals surface area contributed by atoms with E-state index in [1.165, 1.54) is 19.9 Å². The Bertz CT molecular complexity index is 634. The number of benzene rings is 1. The molecule has 1 aliphatic heterocycles. The molecule has 1 aromatic carbocycles. The third-order valence-electron chi connectivity index (χ3n) is 2.28. The number of urea groups is 1. The lowest BCUT2D eigenvalue weighted by atomic mass is 10.2. The zero-order valence-corrected chi connectivity index (χ0v) is 9.30. The summed E-state index contributed by atoms with van der Waals surface area (Å²) >= 11 is 0. The first-order chi connectivity index (χ1) is 7.99. The van der Waals surface area contributed by atoms with E-state index < -0.39 is 17.8 Å². The number of hydrogen-bond donors (Lipinski definition) is 0. The number of carbonyl (C=O) groups is 3. The molecule has 0 N–H and O–H groups in total. The number of anilines is 1. The molecule has 6 nitrogen and oxygen atoms in total. The van der Waals surface area contributed by atoms with Crippen LogP contribution in [0.4, 0.5) is 10.5 Å². The summed E-state index contributed by atoms with van der Waals surface area (Å²) in [6.45, 7) is 2.59. The molecule has 0 aliphatic carbocycles. The van der Waals surface area contributed by atoms with Crippen LogP contribution in [0.5, 0.6) is 0 Å². The van der Waals surface area contributed by atoms with Gasteiger partial charge in [-0.1, -0.05) is 0 Å². The average Bonchev–Trinajstić information content (AvgIpc) is 2.56. The summed E-state index contributed by atoms with van der Waals surface area (Å²) in [5.74, 6) is -0.780. The van der Waals surface area contributed by atoms with Crippen molar-refractivity contribution in [2.45, 2.75) is 13.8 Å². The number of imide groups is 1. The summed E-state index contributed by atoms with van der Waals surface area (Å²) in [6.07, 6.45) is 0. The van der Waals surface area contributed by atoms with Crippen LogP contribution in [-0.4, -0.2) is 17.8 Å². The smallest absolute Gasteiger partial charge is 0.274 e. The quantitative estimate of drug-likeness (QED) is 0.680. The fourth-order valence-corrected chi connectivity index (χ4v) is 1.65. The van der Waals surface area contributed by atoms with E-state index in [1.807, 2.05) is 0 Å². The fraction of sp³-hybridized carbons (Fsp3) is 0.182. The number of hydrogen-bond acceptors (Lipinski definition) is 3. The Balaban J connectivity index is 2.57. The van der Waals surface area contributed by atoms with Gasteiger partial charge in [0, 0.05) is 13.8 Å². The molecule has 0 unspecified atom stereocenters. The van der Waals surface area contributed by atoms with E-state index in [1.54, 1.807) is 12.1 Å². The molecular weight excluding hydrogens is 222 g/mol. The highest BCUT2D eigenvalue weighted by atomic mass is 16.2. The SMILES string of the molecule is CC(=O)N(C(C)=O)c1ccc2c(c1)=NC(=O)N=2. The molecule has 17 heavy (non-hydrogen) atoms. The lowest BCUT2D eigenvalue weighted by Crippen LogP contribution is -2.35. The maximum absolute atomic E-state index is 11.3. The zero-order valence-electron chi connectivity index (χ0n) is 9.30. The van der Waals surface area contributed by atoms with Gasteiger partial charge in [-0.05, 0) is 18.2 Å². The average molecular weight is 231 g/mol. The Labute approximate surface area is 96.3 Å². The summed E-state index contributed by atoms with van der Waals surface area (Å²) < 4.78 is 0. The molecule has 0 radical (unpaired) electrons. The van der Waals surface area contributed by atoms with Crippen LogP contribution in [0.3, 0.4) is 0 Å². The number of nitrogens with zero attached hydrogens (tertiary/aromatic N) is 3. The number of fused-ring (bicyclic) bond motifs is 1. The summed E-state index contributed by atoms with van der Waals surface area (Å²) in [5, 5.41) is 0.825. The van der Waals surface area contributed by atoms with Crippen LogP contribution in [0.1, 0.15) is 13.8 Å². The van der Waals surface area contributed by atoms with Crippen LogP contribution in [0.2, 0.25) is 0 Å². The van der Waals surface area contributed by atoms with Crippen LogP contribution in [-0.2, 0) is 9.59 Å². The summed E-state index contributed by atoms with van der Waals surface area (Å²) in [5.41, 5.74) is 0.386. The van der Waals surface area contributed by atoms with E-state index in [0.29, 0.717) is 16.4 Å². The third-order valence-corrected chi connectivity index (χ3v) is 2.28. The van der Waals surface area contributed by atoms with E-state index in [9.17, 15) is 14.4 Å². The minimum absolute atomic E-state index is 0.375. The largest absolute Gasteiger partial charge is 0.368 e. The first-order valence-electron chi connectivity index (χ1n) is 4.92. The molecule has 0 saturated heterocycles. The first-order valence-corrected chi connectivity index (χ1v) is 4.92. The molecular formula is C11H9N3O3. The fourth-order valence-electron chi connectivity index (χ4n) is 1.65. The Morgan fingerprint density at radius 1 is 1.06 bits per heavy atom. The number of amides is 4. The van der Waals surface area contributed by atoms with Crippen LogP contribution >= 0.6 is 0 Å². The van der Waals surface area contributed by atoms with E-state index >= 15 is 0 Å². The van der Waals surface area contributed by atoms with Crippen molar-refractivity contribution >= 4 is 23.5 Å². The van der Waals surface area contributed by atoms with Gasteiger partial charge in [0.15, 0.2) is 0 Å². The van der Waals surface area contributed by atoms with Gasteiger partial charge in [-0.25, -0.2) is 4.79 Å². The van der Waals surface area contributed by atoms with Crippen molar-refractivity contribution in [2.24, 2.45) is 9.98 Å². The molecule has 0 aromatic heterocycles. The summed E-state index contributed by atoms with van der Waals surface area (Å²) in [4.78, 5) is 42.0. The van der Waals surface area contributed by atoms with Gasteiger partial charge >= 0.3 is 6.03 Å². The molecule has 1 heterocycles. The second-order valence-corrected chi connectivity index (χ2v) is 3.55. The Kier molecular flexibility index (Phi) is 2.55. The van der Waals surface area contributed by atoms with Crippen LogP contribution in [0, 0.1) is 0 Å². The van der Waals surface area contributed by atoms with Crippen molar-refractivity contribution in [3.8, 4) is 0 Å². The van der Waals surface area contributed by atoms with E-state index in [2.05, 4.69) is 9.98 Å². The third kappa shape index (κ3) is 1.96. The molecule has 0 spiro atoms. The Morgan fingerprint density at radius 3 is 2.24 bits per heavy atom. The molecule has 0 saturated carbocycles. The Hall–Kier alpha value is -2.37. The van der Waals surface area contributed by atoms with Crippen LogP contribution in [0.25, 0.3) is 0 Å². The Morgan fingerprint density at radius 2 is 1.65 bits per heavy atom. The van der Waals surface area contributed by atoms with E-state index in [-0.39, 0.29) is 0 Å². The number of carbonyl (C=O) groups excluding carboxylic acids is 3. The van der Waals surface area contributed by atoms with Crippen molar-refractivity contribution in [3.05, 3.63) is 28.9 Å². The lowest BCUT2D eigenvalue weighted by molar-refractivity contribution is -0.124. The predicted octanol–water partition coefficient (Wildman–Crippen LogP) is -0.0412. The molecule has 1 aromatic rings. The normalized spacial score (nSPS) is 12.5. The van der Waals surface area contributed by atoms with Gasteiger partial charge in [-0.15, -0.1) is 0 Å². The maximum Gasteiger partial charge on any atom is 0.368 e. The summed E-state index contributed by atoms with van der Waals surface area (Å²) in [6, 6.07) is 4.03. The van der Waals surface area contributed by atoms with Crippen LogP contribution < -0.4 is 15.6 Å². The van der Waals surface area contributed by atoms with Gasteiger partial charge in [0.2, 0.25) is 11.8 Å². The zero-order chi connectivity index (χ0) is 12.6. The monoisotopic (exact) mass is 231 g/mol. The second kappa shape index (κ2) is 3.89. The van der Waals surface area contributed by atoms with Crippen molar-refractivity contribution in [1.82, 2.24) is 0 Å². The highest BCUT2D eigenvalue weighted by Gasteiger charge is 2.17. The lowest BCUT2D eigenvalue weighted by Gasteiger charge is -2.16. The van der Waals surface area contributed by atoms with Crippen LogP contribution in [0.15, 0.2) is 28.2 Å². The number of rotatable bonds is 1. The molecule has 0 fully saturated rings. The minimum atomic E-state index is -0.575. The molecule has 4 amide bonds. The molecule has 0 bridgehead atoms. The van der Waals surface area contributed by atoms with Gasteiger partial charge in [0.1, 0.15) is 0 Å². The van der Waals surface area contributed by atoms with Crippen molar-refractivity contribution in [2.75, 3.05) is 4.90 Å². The van der Waals surface area contributed by atoms with Crippen molar-refractivity contribution < 1.29 is 14.4 Å².